The van der Waals surface area contributed by atoms with Crippen LogP contribution < -0.4 is 10.6 Å². The number of hydrogen-bond donors (Lipinski definition) is 3. The maximum atomic E-state index is 12.8. The molecule has 2 atom stereocenters. The van der Waals surface area contributed by atoms with Gasteiger partial charge in [0.2, 0.25) is 0 Å². The van der Waals surface area contributed by atoms with Gasteiger partial charge in [-0.15, -0.1) is 0 Å². The normalized spacial score (nSPS) is 21.1. The number of aliphatic carboxylic acids is 1. The van der Waals surface area contributed by atoms with E-state index in [9.17, 15) is 19.5 Å². The molecule has 2 amide bonds. The third-order valence-corrected chi connectivity index (χ3v) is 6.76. The zero-order chi connectivity index (χ0) is 22.5. The van der Waals surface area contributed by atoms with E-state index in [2.05, 4.69) is 10.6 Å². The molecule has 2 aromatic rings. The van der Waals surface area contributed by atoms with E-state index in [1.165, 1.54) is 19.3 Å². The number of nitrogens with one attached hydrogen (secondary N) is 2. The number of rotatable bonds is 6. The molecule has 0 unspecified atom stereocenters. The van der Waals surface area contributed by atoms with Gasteiger partial charge >= 0.3 is 12.0 Å². The molecule has 0 radical (unpaired) electrons. The van der Waals surface area contributed by atoms with Gasteiger partial charge in [0.25, 0.3) is 0 Å². The lowest BCUT2D eigenvalue weighted by atomic mass is 9.88. The predicted octanol–water partition coefficient (Wildman–Crippen LogP) is 5.49. The summed E-state index contributed by atoms with van der Waals surface area (Å²) in [6.45, 7) is 0. The van der Waals surface area contributed by atoms with Crippen molar-refractivity contribution in [3.8, 4) is 11.1 Å². The van der Waals surface area contributed by atoms with E-state index in [0.29, 0.717) is 18.4 Å². The van der Waals surface area contributed by atoms with Crippen LogP contribution >= 0.6 is 0 Å². The summed E-state index contributed by atoms with van der Waals surface area (Å²) < 4.78 is 0. The molecule has 0 aliphatic heterocycles. The molecule has 2 aliphatic carbocycles. The first-order valence-corrected chi connectivity index (χ1v) is 11.6. The number of carboxylic acid groups (broad SMARTS) is 1. The fraction of sp³-hybridized carbons (Fsp3) is 0.423. The number of carbonyl (C=O) groups is 3. The Balaban J connectivity index is 1.36. The van der Waals surface area contributed by atoms with Crippen LogP contribution in [-0.2, 0) is 4.79 Å². The lowest BCUT2D eigenvalue weighted by Gasteiger charge is -2.22. The molecule has 2 saturated carbocycles. The number of carbonyl (C=O) groups excluding carboxylic acids is 2. The Morgan fingerprint density at radius 3 is 1.94 bits per heavy atom. The van der Waals surface area contributed by atoms with Gasteiger partial charge in [0.15, 0.2) is 5.78 Å². The average molecular weight is 435 g/mol. The Hall–Kier alpha value is -3.15. The smallest absolute Gasteiger partial charge is 0.319 e. The molecule has 6 heteroatoms. The van der Waals surface area contributed by atoms with Crippen molar-refractivity contribution in [2.45, 2.75) is 57.4 Å². The Kier molecular flexibility index (Phi) is 6.88. The molecule has 2 aromatic carbocycles. The van der Waals surface area contributed by atoms with Crippen LogP contribution in [0.5, 0.6) is 0 Å². The fourth-order valence-electron chi connectivity index (χ4n) is 4.96. The summed E-state index contributed by atoms with van der Waals surface area (Å²) >= 11 is 0. The van der Waals surface area contributed by atoms with Gasteiger partial charge < -0.3 is 15.7 Å². The van der Waals surface area contributed by atoms with E-state index in [4.69, 9.17) is 0 Å². The highest BCUT2D eigenvalue weighted by Crippen LogP contribution is 2.35. The van der Waals surface area contributed by atoms with E-state index in [1.807, 2.05) is 36.4 Å². The summed E-state index contributed by atoms with van der Waals surface area (Å²) in [5.41, 5.74) is 3.23. The van der Waals surface area contributed by atoms with Crippen molar-refractivity contribution in [2.24, 2.45) is 11.8 Å². The van der Waals surface area contributed by atoms with Crippen LogP contribution in [0.4, 0.5) is 10.5 Å². The second-order valence-electron chi connectivity index (χ2n) is 8.93. The number of ketones is 1. The molecular weight excluding hydrogens is 404 g/mol. The summed E-state index contributed by atoms with van der Waals surface area (Å²) in [5, 5.41) is 15.3. The number of anilines is 1. The molecule has 32 heavy (non-hydrogen) atoms. The number of Topliss-reactive ketones (excluding diaryl/α,β-unsaturated/α-hetero) is 1. The van der Waals surface area contributed by atoms with E-state index in [0.717, 1.165) is 36.1 Å². The zero-order valence-corrected chi connectivity index (χ0v) is 18.2. The highest BCUT2D eigenvalue weighted by atomic mass is 16.4. The number of benzene rings is 2. The SMILES string of the molecule is O=C(Nc1ccc(-c2ccc(C(=O)[C@@H]3CCC[C@H]3C(=O)O)cc2)cc1)NC1CCCCC1. The van der Waals surface area contributed by atoms with Gasteiger partial charge in [-0.3, -0.25) is 9.59 Å². The largest absolute Gasteiger partial charge is 0.481 e. The monoisotopic (exact) mass is 434 g/mol. The van der Waals surface area contributed by atoms with Gasteiger partial charge in [0.1, 0.15) is 0 Å². The molecule has 0 saturated heterocycles. The van der Waals surface area contributed by atoms with Crippen molar-refractivity contribution in [3.05, 3.63) is 54.1 Å². The van der Waals surface area contributed by atoms with Crippen LogP contribution in [0.15, 0.2) is 48.5 Å². The first kappa shape index (κ1) is 22.1. The topological polar surface area (TPSA) is 95.5 Å². The lowest BCUT2D eigenvalue weighted by molar-refractivity contribution is -0.142. The molecular formula is C26H30N2O4. The van der Waals surface area contributed by atoms with E-state index < -0.39 is 17.8 Å². The molecule has 2 aliphatic rings. The summed E-state index contributed by atoms with van der Waals surface area (Å²) in [6, 6.07) is 15.0. The molecule has 0 bridgehead atoms. The minimum Gasteiger partial charge on any atom is -0.481 e. The first-order valence-electron chi connectivity index (χ1n) is 11.6. The standard InChI is InChI=1S/C26H30N2O4/c29-24(22-7-4-8-23(22)25(30)31)19-11-9-17(10-12-19)18-13-15-21(16-14-18)28-26(32)27-20-5-2-1-3-6-20/h9-16,20,22-23H,1-8H2,(H,30,31)(H2,27,28,32)/t22-,23-/m1/s1. The van der Waals surface area contributed by atoms with Crippen molar-refractivity contribution in [2.75, 3.05) is 5.32 Å². The van der Waals surface area contributed by atoms with Gasteiger partial charge in [-0.05, 0) is 48.9 Å². The van der Waals surface area contributed by atoms with Crippen molar-refractivity contribution in [1.29, 1.82) is 0 Å². The van der Waals surface area contributed by atoms with Crippen molar-refractivity contribution >= 4 is 23.5 Å². The number of hydrogen-bond acceptors (Lipinski definition) is 3. The highest BCUT2D eigenvalue weighted by molar-refractivity contribution is 6.00. The number of carboxylic acids is 1. The Morgan fingerprint density at radius 1 is 0.719 bits per heavy atom. The lowest BCUT2D eigenvalue weighted by Crippen LogP contribution is -2.38. The minimum atomic E-state index is -0.876. The van der Waals surface area contributed by atoms with Gasteiger partial charge in [-0.2, -0.15) is 0 Å². The summed E-state index contributed by atoms with van der Waals surface area (Å²) in [6.07, 6.45) is 7.67. The Labute approximate surface area is 188 Å². The summed E-state index contributed by atoms with van der Waals surface area (Å²) in [5.74, 6) is -1.95. The van der Waals surface area contributed by atoms with Crippen LogP contribution in [0.25, 0.3) is 11.1 Å². The van der Waals surface area contributed by atoms with E-state index in [-0.39, 0.29) is 17.9 Å². The Morgan fingerprint density at radius 2 is 1.31 bits per heavy atom. The van der Waals surface area contributed by atoms with Crippen LogP contribution in [0.3, 0.4) is 0 Å². The van der Waals surface area contributed by atoms with Crippen molar-refractivity contribution in [3.63, 3.8) is 0 Å². The van der Waals surface area contributed by atoms with Gasteiger partial charge in [0, 0.05) is 23.2 Å². The van der Waals surface area contributed by atoms with Gasteiger partial charge in [-0.25, -0.2) is 4.79 Å². The molecule has 0 aromatic heterocycles. The van der Waals surface area contributed by atoms with Gasteiger partial charge in [-0.1, -0.05) is 62.1 Å². The fourth-order valence-corrected chi connectivity index (χ4v) is 4.96. The Bertz CT molecular complexity index is 962. The average Bonchev–Trinajstić information content (AvgIpc) is 3.30. The quantitative estimate of drug-likeness (QED) is 0.524. The zero-order valence-electron chi connectivity index (χ0n) is 18.2. The van der Waals surface area contributed by atoms with Crippen LogP contribution in [-0.4, -0.2) is 28.9 Å². The van der Waals surface area contributed by atoms with Crippen LogP contribution in [0.1, 0.15) is 61.7 Å². The van der Waals surface area contributed by atoms with Gasteiger partial charge in [0.05, 0.1) is 5.92 Å². The third kappa shape index (κ3) is 5.18. The molecule has 4 rings (SSSR count). The molecule has 3 N–H and O–H groups in total. The molecule has 2 fully saturated rings. The molecule has 6 nitrogen and oxygen atoms in total. The van der Waals surface area contributed by atoms with E-state index in [1.54, 1.807) is 12.1 Å². The molecule has 0 spiro atoms. The number of urea groups is 1. The third-order valence-electron chi connectivity index (χ3n) is 6.76. The summed E-state index contributed by atoms with van der Waals surface area (Å²) in [7, 11) is 0. The molecule has 168 valence electrons. The first-order chi connectivity index (χ1) is 15.5. The maximum Gasteiger partial charge on any atom is 0.319 e. The minimum absolute atomic E-state index is 0.0787. The predicted molar refractivity (Wildman–Crippen MR) is 124 cm³/mol. The van der Waals surface area contributed by atoms with Crippen molar-refractivity contribution < 1.29 is 19.5 Å². The van der Waals surface area contributed by atoms with Crippen molar-refractivity contribution in [1.82, 2.24) is 5.32 Å². The second-order valence-corrected chi connectivity index (χ2v) is 8.93. The second kappa shape index (κ2) is 9.98. The molecule has 0 heterocycles. The maximum absolute atomic E-state index is 12.8. The van der Waals surface area contributed by atoms with E-state index >= 15 is 0 Å². The van der Waals surface area contributed by atoms with Crippen LogP contribution in [0.2, 0.25) is 0 Å². The summed E-state index contributed by atoms with van der Waals surface area (Å²) in [4.78, 5) is 36.4. The highest BCUT2D eigenvalue weighted by Gasteiger charge is 2.37. The van der Waals surface area contributed by atoms with Crippen LogP contribution in [0, 0.1) is 11.8 Å². The number of amides is 2.